The Balaban J connectivity index is 1.55. The highest BCUT2D eigenvalue weighted by Gasteiger charge is 2.78. The third-order valence-electron chi connectivity index (χ3n) is 9.48. The molecule has 37 heavy (non-hydrogen) atoms. The van der Waals surface area contributed by atoms with Crippen molar-refractivity contribution in [2.24, 2.45) is 17.8 Å². The van der Waals surface area contributed by atoms with Gasteiger partial charge in [0, 0.05) is 30.5 Å². The predicted octanol–water partition coefficient (Wildman–Crippen LogP) is 4.16. The molecule has 3 saturated heterocycles. The van der Waals surface area contributed by atoms with Crippen LogP contribution in [0.4, 0.5) is 5.69 Å². The molecule has 5 rings (SSSR count). The van der Waals surface area contributed by atoms with Gasteiger partial charge in [-0.1, -0.05) is 27.7 Å². The van der Waals surface area contributed by atoms with Gasteiger partial charge in [0.05, 0.1) is 40.3 Å². The Kier molecular flexibility index (Phi) is 5.74. The maximum Gasteiger partial charge on any atom is 0.240 e. The number of carbonyl (C=O) groups excluding carboxylic acids is 2. The largest absolute Gasteiger partial charge is 0.416 e. The van der Waals surface area contributed by atoms with Crippen molar-refractivity contribution in [3.05, 3.63) is 36.0 Å². The van der Waals surface area contributed by atoms with Gasteiger partial charge in [0.1, 0.15) is 11.7 Å². The number of fused-ring (bicyclic) bond motifs is 6. The Morgan fingerprint density at radius 1 is 1.27 bits per heavy atom. The summed E-state index contributed by atoms with van der Waals surface area (Å²) in [5.41, 5.74) is -0.959. The molecule has 2 bridgehead atoms. The van der Waals surface area contributed by atoms with E-state index in [1.54, 1.807) is 37.4 Å². The number of carbonyl (C=O) groups is 2. The van der Waals surface area contributed by atoms with E-state index < -0.39 is 37.5 Å². The number of hydrogen-bond donors (Lipinski definition) is 1. The second kappa shape index (κ2) is 8.18. The Labute approximate surface area is 218 Å². The number of nitriles is 1. The van der Waals surface area contributed by atoms with Gasteiger partial charge >= 0.3 is 0 Å². The molecule has 3 aliphatic heterocycles. The maximum absolute atomic E-state index is 14.1. The van der Waals surface area contributed by atoms with E-state index in [1.165, 1.54) is 4.90 Å². The van der Waals surface area contributed by atoms with Crippen molar-refractivity contribution in [2.75, 3.05) is 11.5 Å². The lowest BCUT2D eigenvalue weighted by atomic mass is 9.63. The number of benzene rings is 1. The van der Waals surface area contributed by atoms with Gasteiger partial charge in [-0.25, -0.2) is 4.90 Å². The summed E-state index contributed by atoms with van der Waals surface area (Å²) in [6, 6.07) is 8.84. The van der Waals surface area contributed by atoms with Crippen LogP contribution < -0.4 is 4.90 Å². The van der Waals surface area contributed by atoms with Crippen molar-refractivity contribution in [3.63, 3.8) is 0 Å². The second-order valence-electron chi connectivity index (χ2n) is 12.5. The van der Waals surface area contributed by atoms with Crippen LogP contribution in [0.25, 0.3) is 10.9 Å². The zero-order valence-corrected chi connectivity index (χ0v) is 23.5. The first-order valence-electron chi connectivity index (χ1n) is 12.9. The SMILES string of the molecule is CC(CO[Si](C)(C)C(C)(C)C)C12C[C@H](O)C(C)(O1)[C@@H]1C(=O)N(c3ccc(C#N)c4ncccc34)C(=O)[C@@H]12. The fourth-order valence-corrected chi connectivity index (χ4v) is 7.30. The molecule has 9 heteroatoms. The fourth-order valence-electron chi connectivity index (χ4n) is 6.20. The molecular weight excluding hydrogens is 486 g/mol. The normalized spacial score (nSPS) is 32.2. The third kappa shape index (κ3) is 3.46. The third-order valence-corrected chi connectivity index (χ3v) is 14.0. The van der Waals surface area contributed by atoms with Crippen molar-refractivity contribution in [2.45, 2.75) is 76.5 Å². The minimum Gasteiger partial charge on any atom is -0.416 e. The summed E-state index contributed by atoms with van der Waals surface area (Å²) in [6.07, 6.45) is 0.981. The van der Waals surface area contributed by atoms with Crippen LogP contribution in [-0.2, 0) is 18.8 Å². The first-order chi connectivity index (χ1) is 17.2. The number of nitrogens with zero attached hydrogens (tertiary/aromatic N) is 3. The number of ether oxygens (including phenoxy) is 1. The molecule has 0 aliphatic carbocycles. The molecule has 3 unspecified atom stereocenters. The van der Waals surface area contributed by atoms with Crippen LogP contribution in [0.3, 0.4) is 0 Å². The number of hydrogen-bond acceptors (Lipinski definition) is 7. The minimum absolute atomic E-state index is 0.0216. The lowest BCUT2D eigenvalue weighted by molar-refractivity contribution is -0.138. The molecule has 1 aromatic carbocycles. The zero-order chi connectivity index (χ0) is 27.1. The topological polar surface area (TPSA) is 113 Å². The highest BCUT2D eigenvalue weighted by molar-refractivity contribution is 6.74. The predicted molar refractivity (Wildman–Crippen MR) is 141 cm³/mol. The Bertz CT molecular complexity index is 1350. The quantitative estimate of drug-likeness (QED) is 0.464. The smallest absolute Gasteiger partial charge is 0.240 e. The number of amides is 2. The number of aromatic nitrogens is 1. The minimum atomic E-state index is -2.07. The lowest BCUT2D eigenvalue weighted by Gasteiger charge is -2.41. The number of imide groups is 1. The van der Waals surface area contributed by atoms with Gasteiger partial charge in [-0.05, 0) is 49.3 Å². The van der Waals surface area contributed by atoms with E-state index in [0.717, 1.165) is 0 Å². The molecule has 3 aliphatic rings. The molecule has 8 nitrogen and oxygen atoms in total. The van der Waals surface area contributed by atoms with Crippen molar-refractivity contribution in [1.82, 2.24) is 4.98 Å². The molecule has 2 aromatic rings. The molecule has 196 valence electrons. The molecule has 1 N–H and O–H groups in total. The van der Waals surface area contributed by atoms with Crippen LogP contribution in [0.15, 0.2) is 30.5 Å². The van der Waals surface area contributed by atoms with E-state index in [4.69, 9.17) is 9.16 Å². The van der Waals surface area contributed by atoms with Gasteiger partial charge in [-0.2, -0.15) is 5.26 Å². The molecule has 3 fully saturated rings. The van der Waals surface area contributed by atoms with Crippen molar-refractivity contribution in [1.29, 1.82) is 5.26 Å². The standard InChI is InChI=1S/C28H35N3O5Si/c1-16(15-35-37(6,7)26(2,3)4)28-13-20(32)27(5,36-28)21-22(28)25(34)31(24(21)33)19-11-10-17(14-29)23-18(19)9-8-12-30-23/h8-12,16,20-22,32H,13,15H2,1-7H3/t16?,20-,21-,22+,27?,28?/m0/s1. The summed E-state index contributed by atoms with van der Waals surface area (Å²) in [6.45, 7) is 15.0. The molecule has 1 aromatic heterocycles. The van der Waals surface area contributed by atoms with Gasteiger partial charge in [-0.15, -0.1) is 0 Å². The summed E-state index contributed by atoms with van der Waals surface area (Å²) in [7, 11) is -2.07. The Hall–Kier alpha value is -2.64. The molecule has 0 radical (unpaired) electrons. The maximum atomic E-state index is 14.1. The summed E-state index contributed by atoms with van der Waals surface area (Å²) in [5.74, 6) is -2.47. The molecule has 2 amide bonds. The van der Waals surface area contributed by atoms with Crippen LogP contribution in [0.2, 0.25) is 18.1 Å². The first-order valence-corrected chi connectivity index (χ1v) is 15.8. The van der Waals surface area contributed by atoms with E-state index in [0.29, 0.717) is 28.8 Å². The first kappa shape index (κ1) is 26.0. The van der Waals surface area contributed by atoms with Gasteiger partial charge in [0.2, 0.25) is 11.8 Å². The Morgan fingerprint density at radius 3 is 2.59 bits per heavy atom. The summed E-state index contributed by atoms with van der Waals surface area (Å²) in [4.78, 5) is 33.7. The van der Waals surface area contributed by atoms with Gasteiger partial charge in [0.15, 0.2) is 8.32 Å². The van der Waals surface area contributed by atoms with Crippen molar-refractivity contribution >= 4 is 36.7 Å². The van der Waals surface area contributed by atoms with Crippen LogP contribution in [-0.4, -0.2) is 54.1 Å². The summed E-state index contributed by atoms with van der Waals surface area (Å²) in [5, 5.41) is 21.2. The van der Waals surface area contributed by atoms with E-state index >= 15 is 0 Å². The van der Waals surface area contributed by atoms with E-state index in [-0.39, 0.29) is 29.2 Å². The average Bonchev–Trinajstić information content (AvgIpc) is 3.38. The van der Waals surface area contributed by atoms with Crippen LogP contribution in [0.1, 0.15) is 46.6 Å². The molecule has 0 saturated carbocycles. The van der Waals surface area contributed by atoms with E-state index in [9.17, 15) is 20.0 Å². The molecule has 6 atom stereocenters. The highest BCUT2D eigenvalue weighted by Crippen LogP contribution is 2.63. The Morgan fingerprint density at radius 2 is 1.95 bits per heavy atom. The summed E-state index contributed by atoms with van der Waals surface area (Å²) < 4.78 is 13.1. The fraction of sp³-hybridized carbons (Fsp3) is 0.571. The number of anilines is 1. The number of pyridine rings is 1. The summed E-state index contributed by atoms with van der Waals surface area (Å²) >= 11 is 0. The van der Waals surface area contributed by atoms with Crippen LogP contribution >= 0.6 is 0 Å². The van der Waals surface area contributed by atoms with Gasteiger partial charge in [-0.3, -0.25) is 14.6 Å². The van der Waals surface area contributed by atoms with E-state index in [1.807, 2.05) is 6.92 Å². The molecule has 4 heterocycles. The molecular formula is C28H35N3O5Si. The van der Waals surface area contributed by atoms with Crippen molar-refractivity contribution < 1.29 is 23.9 Å². The monoisotopic (exact) mass is 521 g/mol. The van der Waals surface area contributed by atoms with E-state index in [2.05, 4.69) is 44.9 Å². The molecule has 0 spiro atoms. The van der Waals surface area contributed by atoms with Crippen LogP contribution in [0, 0.1) is 29.1 Å². The zero-order valence-electron chi connectivity index (χ0n) is 22.5. The lowest BCUT2D eigenvalue weighted by Crippen LogP contribution is -2.52. The number of aliphatic hydroxyl groups is 1. The van der Waals surface area contributed by atoms with Gasteiger partial charge < -0.3 is 14.3 Å². The number of rotatable bonds is 5. The second-order valence-corrected chi connectivity index (χ2v) is 17.4. The number of aliphatic hydroxyl groups excluding tert-OH is 1. The van der Waals surface area contributed by atoms with Crippen LogP contribution in [0.5, 0.6) is 0 Å². The average molecular weight is 522 g/mol. The van der Waals surface area contributed by atoms with Gasteiger partial charge in [0.25, 0.3) is 0 Å². The highest BCUT2D eigenvalue weighted by atomic mass is 28.4. The van der Waals surface area contributed by atoms with Crippen molar-refractivity contribution in [3.8, 4) is 6.07 Å².